The molecule has 6 nitrogen and oxygen atoms in total. The first-order valence-corrected chi connectivity index (χ1v) is 3.60. The van der Waals surface area contributed by atoms with E-state index in [9.17, 15) is 10.1 Å². The first kappa shape index (κ1) is 8.95. The number of rotatable bonds is 4. The highest BCUT2D eigenvalue weighted by Crippen LogP contribution is 2.05. The SMILES string of the molecule is O=[N+]([O-])c1nc(COCCl)c[nH]1. The van der Waals surface area contributed by atoms with E-state index in [1.807, 2.05) is 0 Å². The summed E-state index contributed by atoms with van der Waals surface area (Å²) in [6.45, 7) is 0.174. The number of halogens is 1. The highest BCUT2D eigenvalue weighted by Gasteiger charge is 2.10. The van der Waals surface area contributed by atoms with E-state index in [0.717, 1.165) is 0 Å². The first-order chi connectivity index (χ1) is 5.74. The van der Waals surface area contributed by atoms with Gasteiger partial charge in [0, 0.05) is 0 Å². The van der Waals surface area contributed by atoms with Crippen LogP contribution in [0, 0.1) is 10.1 Å². The molecule has 0 aliphatic rings. The van der Waals surface area contributed by atoms with Crippen LogP contribution < -0.4 is 0 Å². The van der Waals surface area contributed by atoms with Crippen molar-refractivity contribution in [3.63, 3.8) is 0 Å². The number of hydrogen-bond acceptors (Lipinski definition) is 4. The summed E-state index contributed by atoms with van der Waals surface area (Å²) in [4.78, 5) is 15.5. The van der Waals surface area contributed by atoms with Crippen molar-refractivity contribution in [1.82, 2.24) is 9.97 Å². The summed E-state index contributed by atoms with van der Waals surface area (Å²) in [5, 5.41) is 10.1. The molecule has 1 heterocycles. The van der Waals surface area contributed by atoms with Gasteiger partial charge in [-0.15, -0.1) is 0 Å². The zero-order chi connectivity index (χ0) is 8.97. The van der Waals surface area contributed by atoms with Gasteiger partial charge in [-0.05, 0) is 4.92 Å². The second kappa shape index (κ2) is 4.03. The number of nitro groups is 1. The number of nitrogens with one attached hydrogen (secondary N) is 1. The lowest BCUT2D eigenvalue weighted by atomic mass is 10.5. The zero-order valence-corrected chi connectivity index (χ0v) is 6.74. The maximum atomic E-state index is 10.1. The van der Waals surface area contributed by atoms with Gasteiger partial charge in [-0.25, -0.2) is 4.98 Å². The van der Waals surface area contributed by atoms with Gasteiger partial charge in [0.25, 0.3) is 0 Å². The van der Waals surface area contributed by atoms with Crippen LogP contribution in [0.15, 0.2) is 6.20 Å². The minimum atomic E-state index is -0.607. The molecule has 0 aliphatic heterocycles. The Kier molecular flexibility index (Phi) is 3.01. The second-order valence-corrected chi connectivity index (χ2v) is 2.15. The largest absolute Gasteiger partial charge is 0.432 e. The molecule has 1 rings (SSSR count). The second-order valence-electron chi connectivity index (χ2n) is 1.93. The van der Waals surface area contributed by atoms with Gasteiger partial charge in [-0.1, -0.05) is 16.6 Å². The summed E-state index contributed by atoms with van der Waals surface area (Å²) >= 11 is 5.23. The smallest absolute Gasteiger partial charge is 0.390 e. The Morgan fingerprint density at radius 3 is 3.08 bits per heavy atom. The van der Waals surface area contributed by atoms with Gasteiger partial charge >= 0.3 is 5.95 Å². The van der Waals surface area contributed by atoms with E-state index in [0.29, 0.717) is 5.69 Å². The molecule has 0 aromatic carbocycles. The highest BCUT2D eigenvalue weighted by atomic mass is 35.5. The van der Waals surface area contributed by atoms with Crippen LogP contribution in [-0.4, -0.2) is 21.0 Å². The summed E-state index contributed by atoms with van der Waals surface area (Å²) < 4.78 is 4.77. The van der Waals surface area contributed by atoms with Crippen LogP contribution in [0.2, 0.25) is 0 Å². The van der Waals surface area contributed by atoms with Crippen LogP contribution in [0.5, 0.6) is 0 Å². The van der Waals surface area contributed by atoms with Gasteiger partial charge in [0.2, 0.25) is 0 Å². The van der Waals surface area contributed by atoms with E-state index >= 15 is 0 Å². The van der Waals surface area contributed by atoms with Crippen molar-refractivity contribution in [1.29, 1.82) is 0 Å². The Hall–Kier alpha value is -1.14. The number of imidazole rings is 1. The Morgan fingerprint density at radius 1 is 1.83 bits per heavy atom. The molecule has 0 amide bonds. The van der Waals surface area contributed by atoms with Gasteiger partial charge in [-0.2, -0.15) is 0 Å². The minimum absolute atomic E-state index is 0.0423. The molecule has 1 aromatic rings. The third-order valence-corrected chi connectivity index (χ3v) is 1.27. The fourth-order valence-corrected chi connectivity index (χ4v) is 0.736. The predicted molar refractivity (Wildman–Crippen MR) is 40.8 cm³/mol. The monoisotopic (exact) mass is 191 g/mol. The fourth-order valence-electron chi connectivity index (χ4n) is 0.659. The number of aromatic nitrogens is 2. The number of H-pyrrole nitrogens is 1. The lowest BCUT2D eigenvalue weighted by molar-refractivity contribution is -0.393. The van der Waals surface area contributed by atoms with Gasteiger partial charge in [-0.3, -0.25) is 0 Å². The van der Waals surface area contributed by atoms with Crippen LogP contribution in [0.1, 0.15) is 5.69 Å². The average Bonchev–Trinajstić information content (AvgIpc) is 2.48. The molecule has 0 aliphatic carbocycles. The molecule has 0 atom stereocenters. The number of alkyl halides is 1. The van der Waals surface area contributed by atoms with E-state index < -0.39 is 4.92 Å². The molecule has 0 radical (unpaired) electrons. The minimum Gasteiger partial charge on any atom is -0.390 e. The average molecular weight is 192 g/mol. The van der Waals surface area contributed by atoms with Crippen molar-refractivity contribution >= 4 is 17.5 Å². The van der Waals surface area contributed by atoms with Crippen LogP contribution in [0.4, 0.5) is 5.95 Å². The van der Waals surface area contributed by atoms with E-state index in [1.54, 1.807) is 0 Å². The molecule has 12 heavy (non-hydrogen) atoms. The number of hydrogen-bond donors (Lipinski definition) is 1. The van der Waals surface area contributed by atoms with E-state index in [-0.39, 0.29) is 18.6 Å². The van der Waals surface area contributed by atoms with Crippen LogP contribution in [0.3, 0.4) is 0 Å². The molecule has 0 fully saturated rings. The highest BCUT2D eigenvalue weighted by molar-refractivity contribution is 6.17. The van der Waals surface area contributed by atoms with Crippen molar-refractivity contribution in [3.8, 4) is 0 Å². The Morgan fingerprint density at radius 2 is 2.58 bits per heavy atom. The molecular formula is C5H6ClN3O3. The summed E-state index contributed by atoms with van der Waals surface area (Å²) in [7, 11) is 0. The lowest BCUT2D eigenvalue weighted by Gasteiger charge is -1.89. The summed E-state index contributed by atoms with van der Waals surface area (Å²) in [6.07, 6.45) is 1.41. The summed E-state index contributed by atoms with van der Waals surface area (Å²) in [5.74, 6) is -0.289. The molecule has 0 bridgehead atoms. The van der Waals surface area contributed by atoms with Crippen molar-refractivity contribution < 1.29 is 9.66 Å². The molecule has 1 aromatic heterocycles. The Balaban J connectivity index is 2.58. The standard InChI is InChI=1S/C5H6ClN3O3/c6-3-12-2-4-1-7-5(8-4)9(10)11/h1H,2-3H2,(H,7,8). The number of ether oxygens (including phenoxy) is 1. The summed E-state index contributed by atoms with van der Waals surface area (Å²) in [6, 6.07) is 0.0423. The predicted octanol–water partition coefficient (Wildman–Crippen LogP) is 1.03. The number of aromatic amines is 1. The first-order valence-electron chi connectivity index (χ1n) is 3.06. The quantitative estimate of drug-likeness (QED) is 0.438. The number of nitrogens with zero attached hydrogens (tertiary/aromatic N) is 2. The van der Waals surface area contributed by atoms with Gasteiger partial charge in [0.05, 0.1) is 0 Å². The van der Waals surface area contributed by atoms with E-state index in [1.165, 1.54) is 6.20 Å². The Labute approximate surface area is 72.7 Å². The molecular weight excluding hydrogens is 186 g/mol. The van der Waals surface area contributed by atoms with Crippen molar-refractivity contribution in [2.75, 3.05) is 6.07 Å². The molecule has 1 N–H and O–H groups in total. The third kappa shape index (κ3) is 2.18. The van der Waals surface area contributed by atoms with Crippen LogP contribution in [-0.2, 0) is 11.3 Å². The fraction of sp³-hybridized carbons (Fsp3) is 0.400. The molecule has 66 valence electrons. The normalized spacial score (nSPS) is 10.1. The summed E-state index contributed by atoms with van der Waals surface area (Å²) in [5.41, 5.74) is 0.461. The molecule has 0 saturated heterocycles. The van der Waals surface area contributed by atoms with E-state index in [4.69, 9.17) is 16.3 Å². The van der Waals surface area contributed by atoms with Gasteiger partial charge in [0.1, 0.15) is 18.9 Å². The van der Waals surface area contributed by atoms with Gasteiger partial charge in [0.15, 0.2) is 5.69 Å². The van der Waals surface area contributed by atoms with E-state index in [2.05, 4.69) is 9.97 Å². The molecule has 0 saturated carbocycles. The lowest BCUT2D eigenvalue weighted by Crippen LogP contribution is -1.92. The Bertz CT molecular complexity index is 275. The van der Waals surface area contributed by atoms with Crippen LogP contribution >= 0.6 is 11.6 Å². The van der Waals surface area contributed by atoms with Crippen molar-refractivity contribution in [2.45, 2.75) is 6.61 Å². The molecule has 0 spiro atoms. The van der Waals surface area contributed by atoms with Crippen LogP contribution in [0.25, 0.3) is 0 Å². The van der Waals surface area contributed by atoms with Crippen molar-refractivity contribution in [2.24, 2.45) is 0 Å². The molecule has 0 unspecified atom stereocenters. The maximum Gasteiger partial charge on any atom is 0.432 e. The zero-order valence-electron chi connectivity index (χ0n) is 5.99. The van der Waals surface area contributed by atoms with Gasteiger partial charge < -0.3 is 14.9 Å². The van der Waals surface area contributed by atoms with Crippen molar-refractivity contribution in [3.05, 3.63) is 22.0 Å². The molecule has 7 heteroatoms. The topological polar surface area (TPSA) is 81.1 Å². The maximum absolute atomic E-state index is 10.1. The third-order valence-electron chi connectivity index (χ3n) is 1.12.